The van der Waals surface area contributed by atoms with Gasteiger partial charge in [0, 0.05) is 25.4 Å². The minimum Gasteiger partial charge on any atom is -0.343 e. The van der Waals surface area contributed by atoms with E-state index in [1.807, 2.05) is 29.2 Å². The third-order valence-electron chi connectivity index (χ3n) is 7.04. The highest BCUT2D eigenvalue weighted by Crippen LogP contribution is 2.58. The molecule has 2 aromatic carbocycles. The fourth-order valence-corrected chi connectivity index (χ4v) is 7.26. The molecule has 1 spiro atoms. The molecule has 5 rings (SSSR count). The summed E-state index contributed by atoms with van der Waals surface area (Å²) in [5.41, 5.74) is 1.50. The molecule has 0 aromatic heterocycles. The third-order valence-corrected chi connectivity index (χ3v) is 8.85. The Labute approximate surface area is 176 Å². The normalized spacial score (nSPS) is 22.9. The second-order valence-electron chi connectivity index (χ2n) is 8.72. The van der Waals surface area contributed by atoms with E-state index in [4.69, 9.17) is 0 Å². The van der Waals surface area contributed by atoms with Crippen LogP contribution in [0, 0.1) is 11.7 Å². The summed E-state index contributed by atoms with van der Waals surface area (Å²) in [6.45, 7) is 2.86. The molecular weight excluding hydrogens is 403 g/mol. The Kier molecular flexibility index (Phi) is 4.43. The molecule has 1 amide bonds. The average Bonchev–Trinajstić information content (AvgIpc) is 3.53. The number of benzene rings is 2. The summed E-state index contributed by atoms with van der Waals surface area (Å²) < 4.78 is 42.7. The van der Waals surface area contributed by atoms with Crippen LogP contribution in [-0.4, -0.2) is 38.4 Å². The van der Waals surface area contributed by atoms with Crippen molar-refractivity contribution in [3.63, 3.8) is 0 Å². The molecule has 1 aliphatic carbocycles. The van der Waals surface area contributed by atoms with Crippen LogP contribution in [0.1, 0.15) is 38.2 Å². The molecule has 2 aromatic rings. The quantitative estimate of drug-likeness (QED) is 0.749. The number of halogens is 1. The van der Waals surface area contributed by atoms with Crippen LogP contribution >= 0.6 is 0 Å². The highest BCUT2D eigenvalue weighted by atomic mass is 32.2. The van der Waals surface area contributed by atoms with Crippen molar-refractivity contribution in [2.75, 3.05) is 17.4 Å². The van der Waals surface area contributed by atoms with E-state index < -0.39 is 15.8 Å². The van der Waals surface area contributed by atoms with Crippen molar-refractivity contribution >= 4 is 21.6 Å². The third kappa shape index (κ3) is 2.86. The van der Waals surface area contributed by atoms with Gasteiger partial charge in [-0.2, -0.15) is 0 Å². The van der Waals surface area contributed by atoms with Crippen LogP contribution in [0.5, 0.6) is 0 Å². The molecule has 2 heterocycles. The molecule has 1 saturated carbocycles. The number of amides is 1. The van der Waals surface area contributed by atoms with E-state index in [-0.39, 0.29) is 22.3 Å². The van der Waals surface area contributed by atoms with Crippen LogP contribution in [0.15, 0.2) is 53.4 Å². The van der Waals surface area contributed by atoms with E-state index in [2.05, 4.69) is 0 Å². The number of nitrogens with zero attached hydrogens (tertiary/aromatic N) is 2. The van der Waals surface area contributed by atoms with Gasteiger partial charge < -0.3 is 4.90 Å². The van der Waals surface area contributed by atoms with Crippen molar-refractivity contribution in [2.45, 2.75) is 49.0 Å². The van der Waals surface area contributed by atoms with Gasteiger partial charge in [0.2, 0.25) is 5.91 Å². The minimum atomic E-state index is -3.84. The summed E-state index contributed by atoms with van der Waals surface area (Å²) in [6.07, 6.45) is 3.51. The number of anilines is 1. The molecule has 0 radical (unpaired) electrons. The van der Waals surface area contributed by atoms with Crippen LogP contribution in [0.2, 0.25) is 0 Å². The Hall–Kier alpha value is -2.41. The fraction of sp³-hybridized carbons (Fsp3) is 0.435. The van der Waals surface area contributed by atoms with E-state index in [0.717, 1.165) is 36.9 Å². The monoisotopic (exact) mass is 428 g/mol. The average molecular weight is 429 g/mol. The molecule has 1 unspecified atom stereocenters. The largest absolute Gasteiger partial charge is 0.343 e. The maximum absolute atomic E-state index is 13.8. The van der Waals surface area contributed by atoms with Gasteiger partial charge in [0.05, 0.1) is 16.6 Å². The highest BCUT2D eigenvalue weighted by molar-refractivity contribution is 7.92. The zero-order chi connectivity index (χ0) is 21.1. The van der Waals surface area contributed by atoms with Gasteiger partial charge in [-0.3, -0.25) is 9.10 Å². The van der Waals surface area contributed by atoms with Crippen molar-refractivity contribution in [1.82, 2.24) is 4.90 Å². The van der Waals surface area contributed by atoms with Crippen molar-refractivity contribution in [3.8, 4) is 0 Å². The first-order valence-electron chi connectivity index (χ1n) is 10.5. The first kappa shape index (κ1) is 19.5. The summed E-state index contributed by atoms with van der Waals surface area (Å²) >= 11 is 0. The fourth-order valence-electron chi connectivity index (χ4n) is 5.46. The summed E-state index contributed by atoms with van der Waals surface area (Å²) in [5, 5.41) is 0. The lowest BCUT2D eigenvalue weighted by molar-refractivity contribution is -0.130. The first-order valence-corrected chi connectivity index (χ1v) is 11.9. The predicted molar refractivity (Wildman–Crippen MR) is 112 cm³/mol. The van der Waals surface area contributed by atoms with Crippen molar-refractivity contribution in [2.24, 2.45) is 5.92 Å². The molecule has 3 aliphatic rings. The van der Waals surface area contributed by atoms with E-state index in [1.165, 1.54) is 24.3 Å². The Morgan fingerprint density at radius 3 is 2.27 bits per heavy atom. The van der Waals surface area contributed by atoms with E-state index in [9.17, 15) is 17.6 Å². The number of fused-ring (bicyclic) bond motifs is 2. The topological polar surface area (TPSA) is 57.7 Å². The number of carbonyl (C=O) groups is 1. The molecule has 30 heavy (non-hydrogen) atoms. The number of hydrogen-bond acceptors (Lipinski definition) is 3. The van der Waals surface area contributed by atoms with Crippen LogP contribution in [-0.2, 0) is 20.2 Å². The second-order valence-corrected chi connectivity index (χ2v) is 10.5. The summed E-state index contributed by atoms with van der Waals surface area (Å²) in [5.74, 6) is -0.0889. The predicted octanol–water partition coefficient (Wildman–Crippen LogP) is 3.69. The molecule has 1 saturated heterocycles. The van der Waals surface area contributed by atoms with E-state index in [1.54, 1.807) is 11.2 Å². The Morgan fingerprint density at radius 1 is 1.03 bits per heavy atom. The molecule has 5 nitrogen and oxygen atoms in total. The summed E-state index contributed by atoms with van der Waals surface area (Å²) in [7, 11) is -3.84. The molecule has 0 bridgehead atoms. The number of sulfonamides is 1. The Balaban J connectivity index is 1.64. The van der Waals surface area contributed by atoms with E-state index >= 15 is 0 Å². The van der Waals surface area contributed by atoms with Gasteiger partial charge in [0.15, 0.2) is 0 Å². The van der Waals surface area contributed by atoms with E-state index in [0.29, 0.717) is 19.0 Å². The van der Waals surface area contributed by atoms with Gasteiger partial charge in [-0.15, -0.1) is 0 Å². The number of para-hydroxylation sites is 1. The smallest absolute Gasteiger partial charge is 0.264 e. The molecular formula is C23H25FN2O3S. The molecule has 0 N–H and O–H groups in total. The van der Waals surface area contributed by atoms with Gasteiger partial charge in [-0.25, -0.2) is 12.8 Å². The summed E-state index contributed by atoms with van der Waals surface area (Å²) in [4.78, 5) is 13.9. The van der Waals surface area contributed by atoms with Crippen LogP contribution < -0.4 is 4.31 Å². The highest BCUT2D eigenvalue weighted by Gasteiger charge is 2.59. The first-order chi connectivity index (χ1) is 14.3. The molecule has 1 atom stereocenters. The molecule has 2 fully saturated rings. The molecule has 2 aliphatic heterocycles. The van der Waals surface area contributed by atoms with Crippen LogP contribution in [0.4, 0.5) is 10.1 Å². The number of hydrogen-bond donors (Lipinski definition) is 0. The number of likely N-dealkylation sites (tertiary alicyclic amines) is 1. The Bertz CT molecular complexity index is 1090. The van der Waals surface area contributed by atoms with Gasteiger partial charge in [-0.1, -0.05) is 18.2 Å². The van der Waals surface area contributed by atoms with Crippen molar-refractivity contribution in [3.05, 3.63) is 59.9 Å². The van der Waals surface area contributed by atoms with Gasteiger partial charge in [0.25, 0.3) is 10.0 Å². The lowest BCUT2D eigenvalue weighted by Gasteiger charge is -2.45. The van der Waals surface area contributed by atoms with Gasteiger partial charge in [0.1, 0.15) is 5.82 Å². The van der Waals surface area contributed by atoms with Crippen molar-refractivity contribution < 1.29 is 17.6 Å². The maximum atomic E-state index is 13.8. The maximum Gasteiger partial charge on any atom is 0.264 e. The molecule has 158 valence electrons. The number of rotatable bonds is 3. The van der Waals surface area contributed by atoms with Crippen molar-refractivity contribution in [1.29, 1.82) is 0 Å². The second kappa shape index (κ2) is 6.80. The lowest BCUT2D eigenvalue weighted by Crippen LogP contribution is -2.54. The zero-order valence-corrected chi connectivity index (χ0v) is 17.7. The van der Waals surface area contributed by atoms with Gasteiger partial charge >= 0.3 is 0 Å². The zero-order valence-electron chi connectivity index (χ0n) is 16.9. The minimum absolute atomic E-state index is 0.0647. The number of piperidine rings is 1. The van der Waals surface area contributed by atoms with Gasteiger partial charge in [-0.05, 0) is 67.5 Å². The summed E-state index contributed by atoms with van der Waals surface area (Å²) in [6, 6.07) is 12.7. The van der Waals surface area contributed by atoms with Crippen LogP contribution in [0.3, 0.4) is 0 Å². The lowest BCUT2D eigenvalue weighted by atomic mass is 9.68. The number of carbonyl (C=O) groups excluding carboxylic acids is 1. The van der Waals surface area contributed by atoms with Crippen LogP contribution in [0.25, 0.3) is 0 Å². The molecule has 7 heteroatoms. The standard InChI is InChI=1S/C23H25FN2O3S/c1-16(27)25-14-12-23(13-15-25)20-4-2-3-5-21(20)26(22(23)17-6-7-17)30(28,29)19-10-8-18(24)9-11-19/h2-5,8-11,17,22H,6-7,12-15H2,1H3. The SMILES string of the molecule is CC(=O)N1CCC2(CC1)c1ccccc1N(S(=O)(=O)c1ccc(F)cc1)C2C1CC1. The Morgan fingerprint density at radius 2 is 1.67 bits per heavy atom.